The highest BCUT2D eigenvalue weighted by Crippen LogP contribution is 2.36. The average Bonchev–Trinajstić information content (AvgIpc) is 2.99. The highest BCUT2D eigenvalue weighted by atomic mass is 32.2. The van der Waals surface area contributed by atoms with Gasteiger partial charge in [0, 0.05) is 49.6 Å². The van der Waals surface area contributed by atoms with Gasteiger partial charge < -0.3 is 15.4 Å². The minimum absolute atomic E-state index is 0.0764. The molecule has 0 unspecified atom stereocenters. The van der Waals surface area contributed by atoms with Gasteiger partial charge in [-0.05, 0) is 24.3 Å². The Morgan fingerprint density at radius 1 is 1.02 bits per heavy atom. The van der Waals surface area contributed by atoms with E-state index in [-0.39, 0.29) is 53.3 Å². The zero-order valence-electron chi connectivity index (χ0n) is 22.5. The number of nitrogens with one attached hydrogen (secondary N) is 3. The molecule has 0 spiro atoms. The van der Waals surface area contributed by atoms with Crippen LogP contribution >= 0.6 is 0 Å². The number of nitrogens with zero attached hydrogens (tertiary/aromatic N) is 4. The van der Waals surface area contributed by atoms with E-state index in [4.69, 9.17) is 11.3 Å². The molecule has 3 heterocycles. The van der Waals surface area contributed by atoms with Gasteiger partial charge in [-0.15, -0.1) is 0 Å². The topological polar surface area (TPSA) is 122 Å². The second-order valence-corrected chi connectivity index (χ2v) is 11.4. The minimum Gasteiger partial charge on any atom is -0.435 e. The van der Waals surface area contributed by atoms with E-state index in [0.717, 1.165) is 12.1 Å². The van der Waals surface area contributed by atoms with E-state index in [1.165, 1.54) is 36.7 Å². The van der Waals surface area contributed by atoms with Crippen molar-refractivity contribution in [3.8, 4) is 22.9 Å². The number of halogens is 5. The summed E-state index contributed by atoms with van der Waals surface area (Å²) in [6, 6.07) is 7.68. The molecule has 10 nitrogen and oxygen atoms in total. The second kappa shape index (κ2) is 12.8. The molecule has 1 aliphatic heterocycles. The van der Waals surface area contributed by atoms with Crippen LogP contribution in [0.1, 0.15) is 12.0 Å². The SMILES string of the molecule is [C-]#[N+]c1ccc(CS(=O)(=O)Nc2c(F)cc(Oc3ncccc3-c3ccnc(N[C@@H]4CNC[C@@H](F)C4)n3)c(F)c2F)c(F)c1. The quantitative estimate of drug-likeness (QED) is 0.126. The maximum Gasteiger partial charge on any atom is 0.237 e. The van der Waals surface area contributed by atoms with Crippen molar-refractivity contribution < 1.29 is 35.1 Å². The molecule has 2 aromatic carbocycles. The van der Waals surface area contributed by atoms with Crippen LogP contribution in [0, 0.1) is 29.8 Å². The van der Waals surface area contributed by atoms with E-state index in [1.807, 2.05) is 0 Å². The van der Waals surface area contributed by atoms with Gasteiger partial charge in [0.2, 0.25) is 27.7 Å². The van der Waals surface area contributed by atoms with Gasteiger partial charge in [-0.2, -0.15) is 4.39 Å². The van der Waals surface area contributed by atoms with Crippen LogP contribution < -0.4 is 20.1 Å². The first-order valence-corrected chi connectivity index (χ1v) is 14.6. The number of pyridine rings is 1. The second-order valence-electron chi connectivity index (χ2n) is 9.66. The lowest BCUT2D eigenvalue weighted by molar-refractivity contribution is 0.254. The van der Waals surface area contributed by atoms with Gasteiger partial charge in [0.05, 0.1) is 23.6 Å². The molecule has 2 atom stereocenters. The first-order chi connectivity index (χ1) is 21.0. The van der Waals surface area contributed by atoms with Crippen LogP contribution in [0.15, 0.2) is 54.9 Å². The lowest BCUT2D eigenvalue weighted by Crippen LogP contribution is -2.44. The molecule has 228 valence electrons. The smallest absolute Gasteiger partial charge is 0.237 e. The fourth-order valence-corrected chi connectivity index (χ4v) is 5.61. The number of piperidine rings is 1. The maximum absolute atomic E-state index is 15.1. The summed E-state index contributed by atoms with van der Waals surface area (Å²) in [7, 11) is -4.64. The van der Waals surface area contributed by atoms with Crippen LogP contribution in [0.3, 0.4) is 0 Å². The van der Waals surface area contributed by atoms with E-state index in [0.29, 0.717) is 12.6 Å². The van der Waals surface area contributed by atoms with E-state index in [9.17, 15) is 26.0 Å². The van der Waals surface area contributed by atoms with Gasteiger partial charge >= 0.3 is 0 Å². The Morgan fingerprint density at radius 2 is 1.84 bits per heavy atom. The third kappa shape index (κ3) is 7.01. The number of hydrogen-bond acceptors (Lipinski definition) is 8. The summed E-state index contributed by atoms with van der Waals surface area (Å²) in [6.07, 6.45) is 1.91. The van der Waals surface area contributed by atoms with Crippen molar-refractivity contribution in [3.63, 3.8) is 0 Å². The number of ether oxygens (including phenoxy) is 1. The molecule has 0 radical (unpaired) electrons. The number of aromatic nitrogens is 3. The predicted molar refractivity (Wildman–Crippen MR) is 150 cm³/mol. The Balaban J connectivity index is 1.37. The molecule has 1 saturated heterocycles. The van der Waals surface area contributed by atoms with Crippen molar-refractivity contribution in [2.24, 2.45) is 0 Å². The van der Waals surface area contributed by atoms with Gasteiger partial charge in [-0.25, -0.2) is 45.8 Å². The number of rotatable bonds is 9. The Hall–Kier alpha value is -4.88. The monoisotopic (exact) mass is 631 g/mol. The van der Waals surface area contributed by atoms with Crippen molar-refractivity contribution in [3.05, 3.63) is 95.1 Å². The summed E-state index contributed by atoms with van der Waals surface area (Å²) in [5, 5.41) is 5.98. The molecule has 3 N–H and O–H groups in total. The third-order valence-corrected chi connectivity index (χ3v) is 7.64. The highest BCUT2D eigenvalue weighted by Gasteiger charge is 2.26. The highest BCUT2D eigenvalue weighted by molar-refractivity contribution is 7.91. The summed E-state index contributed by atoms with van der Waals surface area (Å²) >= 11 is 0. The van der Waals surface area contributed by atoms with Gasteiger partial charge in [-0.1, -0.05) is 12.1 Å². The molecule has 2 aromatic heterocycles. The first kappa shape index (κ1) is 30.6. The van der Waals surface area contributed by atoms with E-state index in [2.05, 4.69) is 30.4 Å². The largest absolute Gasteiger partial charge is 0.435 e. The van der Waals surface area contributed by atoms with Gasteiger partial charge in [0.1, 0.15) is 17.7 Å². The maximum atomic E-state index is 15.1. The first-order valence-electron chi connectivity index (χ1n) is 12.9. The molecule has 1 aliphatic rings. The number of benzene rings is 2. The molecule has 16 heteroatoms. The molecule has 0 aliphatic carbocycles. The van der Waals surface area contributed by atoms with Crippen LogP contribution in [-0.4, -0.2) is 48.7 Å². The average molecular weight is 632 g/mol. The van der Waals surface area contributed by atoms with Crippen molar-refractivity contribution in [1.29, 1.82) is 0 Å². The summed E-state index contributed by atoms with van der Waals surface area (Å²) in [5.41, 5.74) is -1.35. The van der Waals surface area contributed by atoms with Gasteiger partial charge in [0.15, 0.2) is 23.1 Å². The fraction of sp³-hybridized carbons (Fsp3) is 0.214. The Labute approximate surface area is 248 Å². The fourth-order valence-electron chi connectivity index (χ4n) is 4.39. The van der Waals surface area contributed by atoms with E-state index in [1.54, 1.807) is 4.72 Å². The van der Waals surface area contributed by atoms with Crippen LogP contribution in [-0.2, 0) is 15.8 Å². The standard InChI is InChI=1S/C28H22F5N7O3S/c1-34-17-5-4-15(20(30)10-17)14-44(41,42)40-26-21(31)11-23(24(32)25(26)33)43-27-19(3-2-7-36-27)22-6-8-37-28(39-22)38-18-9-16(29)12-35-13-18/h2-8,10-11,16,18,35,40H,9,12-14H2,(H,37,38,39)/t16-,18-/m0/s1. The lowest BCUT2D eigenvalue weighted by atomic mass is 10.1. The zero-order valence-corrected chi connectivity index (χ0v) is 23.3. The number of alkyl halides is 1. The minimum atomic E-state index is -4.64. The molecule has 5 rings (SSSR count). The van der Waals surface area contributed by atoms with Gasteiger partial charge in [-0.3, -0.25) is 4.72 Å². The summed E-state index contributed by atoms with van der Waals surface area (Å²) in [4.78, 5) is 15.5. The Bertz CT molecular complexity index is 1860. The van der Waals surface area contributed by atoms with Crippen molar-refractivity contribution >= 4 is 27.3 Å². The summed E-state index contributed by atoms with van der Waals surface area (Å²) < 4.78 is 105. The molecule has 4 aromatic rings. The van der Waals surface area contributed by atoms with E-state index < -0.39 is 56.7 Å². The van der Waals surface area contributed by atoms with Crippen LogP contribution in [0.4, 0.5) is 39.3 Å². The Kier molecular flexibility index (Phi) is 8.88. The van der Waals surface area contributed by atoms with Crippen molar-refractivity contribution in [1.82, 2.24) is 20.3 Å². The molecular weight excluding hydrogens is 609 g/mol. The zero-order chi connectivity index (χ0) is 31.4. The Morgan fingerprint density at radius 3 is 2.59 bits per heavy atom. The predicted octanol–water partition coefficient (Wildman–Crippen LogP) is 5.49. The molecule has 1 fully saturated rings. The molecule has 0 saturated carbocycles. The van der Waals surface area contributed by atoms with Crippen LogP contribution in [0.2, 0.25) is 0 Å². The number of anilines is 2. The van der Waals surface area contributed by atoms with Crippen LogP contribution in [0.25, 0.3) is 16.1 Å². The van der Waals surface area contributed by atoms with E-state index >= 15 is 4.39 Å². The normalized spacial score (nSPS) is 16.6. The van der Waals surface area contributed by atoms with Crippen LogP contribution in [0.5, 0.6) is 11.6 Å². The summed E-state index contributed by atoms with van der Waals surface area (Å²) in [6.45, 7) is 7.62. The molecular formula is C28H22F5N7O3S. The third-order valence-electron chi connectivity index (χ3n) is 6.43. The van der Waals surface area contributed by atoms with Gasteiger partial charge in [0.25, 0.3) is 0 Å². The van der Waals surface area contributed by atoms with Crippen molar-refractivity contribution in [2.75, 3.05) is 23.1 Å². The molecule has 0 amide bonds. The number of hydrogen-bond donors (Lipinski definition) is 3. The molecule has 0 bridgehead atoms. The lowest BCUT2D eigenvalue weighted by Gasteiger charge is -2.26. The summed E-state index contributed by atoms with van der Waals surface area (Å²) in [5.74, 6) is -8.30. The number of sulfonamides is 1. The molecule has 44 heavy (non-hydrogen) atoms. The van der Waals surface area contributed by atoms with Crippen molar-refractivity contribution in [2.45, 2.75) is 24.4 Å².